The van der Waals surface area contributed by atoms with Gasteiger partial charge in [0.1, 0.15) is 17.1 Å². The van der Waals surface area contributed by atoms with Gasteiger partial charge in [0.05, 0.1) is 5.60 Å². The van der Waals surface area contributed by atoms with E-state index in [1.54, 1.807) is 0 Å². The highest BCUT2D eigenvalue weighted by Crippen LogP contribution is 2.45. The van der Waals surface area contributed by atoms with Gasteiger partial charge in [0.15, 0.2) is 0 Å². The van der Waals surface area contributed by atoms with E-state index in [1.807, 2.05) is 80.3 Å². The Hall–Kier alpha value is -2.53. The minimum Gasteiger partial charge on any atom is -0.457 e. The monoisotopic (exact) mass is 409 g/mol. The standard InChI is InChI=1S/C25H31NO4/c1-24(2,3)30-23(27)26-19-8-7-9-20(26)17-25(28,16-19)18-12-14-22(15-13-18)29-21-10-5-4-6-11-21/h4-6,10-15,19-20,28H,7-9,16-17H2,1-3H3. The van der Waals surface area contributed by atoms with E-state index < -0.39 is 11.2 Å². The number of para-hydroxylation sites is 1. The Bertz CT molecular complexity index is 858. The van der Waals surface area contributed by atoms with Crippen LogP contribution in [0.1, 0.15) is 58.4 Å². The third-order valence-electron chi connectivity index (χ3n) is 5.98. The third-order valence-corrected chi connectivity index (χ3v) is 5.98. The molecule has 2 fully saturated rings. The van der Waals surface area contributed by atoms with E-state index in [0.29, 0.717) is 12.8 Å². The molecule has 1 amide bonds. The molecule has 0 radical (unpaired) electrons. The smallest absolute Gasteiger partial charge is 0.410 e. The van der Waals surface area contributed by atoms with Crippen LogP contribution in [0.4, 0.5) is 4.79 Å². The maximum Gasteiger partial charge on any atom is 0.410 e. The van der Waals surface area contributed by atoms with E-state index in [-0.39, 0.29) is 18.2 Å². The molecule has 2 aliphatic heterocycles. The Morgan fingerprint density at radius 2 is 1.53 bits per heavy atom. The molecule has 0 aliphatic carbocycles. The first kappa shape index (κ1) is 20.7. The zero-order chi connectivity index (χ0) is 21.4. The Balaban J connectivity index is 1.49. The number of hydrogen-bond acceptors (Lipinski definition) is 4. The molecule has 2 aliphatic rings. The van der Waals surface area contributed by atoms with Gasteiger partial charge in [-0.15, -0.1) is 0 Å². The van der Waals surface area contributed by atoms with Crippen molar-refractivity contribution in [2.45, 2.75) is 76.2 Å². The molecule has 0 saturated carbocycles. The van der Waals surface area contributed by atoms with Crippen molar-refractivity contribution < 1.29 is 19.4 Å². The highest BCUT2D eigenvalue weighted by atomic mass is 16.6. The van der Waals surface area contributed by atoms with Gasteiger partial charge in [-0.1, -0.05) is 30.3 Å². The highest BCUT2D eigenvalue weighted by Gasteiger charge is 2.49. The van der Waals surface area contributed by atoms with Crippen LogP contribution < -0.4 is 4.74 Å². The molecule has 0 aromatic heterocycles. The summed E-state index contributed by atoms with van der Waals surface area (Å²) in [6, 6.07) is 17.3. The molecule has 2 saturated heterocycles. The summed E-state index contributed by atoms with van der Waals surface area (Å²) in [5.74, 6) is 1.52. The molecule has 1 N–H and O–H groups in total. The SMILES string of the molecule is CC(C)(C)OC(=O)N1C2CCCC1CC(O)(c1ccc(Oc3ccccc3)cc1)C2. The molecular weight excluding hydrogens is 378 g/mol. The predicted molar refractivity (Wildman–Crippen MR) is 116 cm³/mol. The summed E-state index contributed by atoms with van der Waals surface area (Å²) in [7, 11) is 0. The van der Waals surface area contributed by atoms with Gasteiger partial charge in [-0.3, -0.25) is 0 Å². The first-order valence-electron chi connectivity index (χ1n) is 10.8. The van der Waals surface area contributed by atoms with Crippen molar-refractivity contribution in [1.29, 1.82) is 0 Å². The van der Waals surface area contributed by atoms with Crippen molar-refractivity contribution in [3.05, 3.63) is 60.2 Å². The quantitative estimate of drug-likeness (QED) is 0.715. The summed E-state index contributed by atoms with van der Waals surface area (Å²) < 4.78 is 11.5. The predicted octanol–water partition coefficient (Wildman–Crippen LogP) is 5.62. The number of ether oxygens (including phenoxy) is 2. The molecule has 30 heavy (non-hydrogen) atoms. The van der Waals surface area contributed by atoms with Crippen LogP contribution in [0.2, 0.25) is 0 Å². The van der Waals surface area contributed by atoms with Crippen LogP contribution >= 0.6 is 0 Å². The number of carbonyl (C=O) groups is 1. The van der Waals surface area contributed by atoms with E-state index >= 15 is 0 Å². The number of hydrogen-bond donors (Lipinski definition) is 1. The topological polar surface area (TPSA) is 59.0 Å². The van der Waals surface area contributed by atoms with Crippen LogP contribution in [-0.4, -0.2) is 33.8 Å². The van der Waals surface area contributed by atoms with Crippen molar-refractivity contribution in [2.75, 3.05) is 0 Å². The Labute approximate surface area is 178 Å². The molecule has 2 heterocycles. The van der Waals surface area contributed by atoms with Crippen LogP contribution in [0.25, 0.3) is 0 Å². The van der Waals surface area contributed by atoms with Crippen LogP contribution in [0, 0.1) is 0 Å². The van der Waals surface area contributed by atoms with Gasteiger partial charge >= 0.3 is 6.09 Å². The van der Waals surface area contributed by atoms with E-state index in [1.165, 1.54) is 0 Å². The summed E-state index contributed by atoms with van der Waals surface area (Å²) in [4.78, 5) is 14.7. The maximum absolute atomic E-state index is 12.8. The summed E-state index contributed by atoms with van der Waals surface area (Å²) >= 11 is 0. The second-order valence-electron chi connectivity index (χ2n) is 9.51. The lowest BCUT2D eigenvalue weighted by atomic mass is 9.72. The van der Waals surface area contributed by atoms with Crippen molar-refractivity contribution in [3.8, 4) is 11.5 Å². The summed E-state index contributed by atoms with van der Waals surface area (Å²) in [6.07, 6.45) is 3.67. The van der Waals surface area contributed by atoms with Gasteiger partial charge < -0.3 is 19.5 Å². The molecule has 2 atom stereocenters. The lowest BCUT2D eigenvalue weighted by Gasteiger charge is -2.51. The number of piperidine rings is 2. The summed E-state index contributed by atoms with van der Waals surface area (Å²) in [5.41, 5.74) is -0.587. The zero-order valence-electron chi connectivity index (χ0n) is 18.0. The second kappa shape index (κ2) is 7.95. The average Bonchev–Trinajstić information content (AvgIpc) is 2.67. The normalized spacial score (nSPS) is 26.2. The van der Waals surface area contributed by atoms with E-state index in [9.17, 15) is 9.90 Å². The molecule has 2 bridgehead atoms. The van der Waals surface area contributed by atoms with E-state index in [2.05, 4.69) is 0 Å². The van der Waals surface area contributed by atoms with Crippen LogP contribution in [0.15, 0.2) is 54.6 Å². The summed E-state index contributed by atoms with van der Waals surface area (Å²) in [5, 5.41) is 11.5. The number of benzene rings is 2. The molecular formula is C25H31NO4. The Morgan fingerprint density at radius 3 is 2.10 bits per heavy atom. The minimum absolute atomic E-state index is 0.00223. The Kier molecular flexibility index (Phi) is 5.49. The molecule has 2 aromatic carbocycles. The molecule has 2 aromatic rings. The van der Waals surface area contributed by atoms with Gasteiger partial charge in [0.25, 0.3) is 0 Å². The fraction of sp³-hybridized carbons (Fsp3) is 0.480. The molecule has 0 spiro atoms. The Morgan fingerprint density at radius 1 is 0.967 bits per heavy atom. The van der Waals surface area contributed by atoms with Gasteiger partial charge in [-0.2, -0.15) is 0 Å². The molecule has 160 valence electrons. The second-order valence-corrected chi connectivity index (χ2v) is 9.51. The number of rotatable bonds is 3. The fourth-order valence-corrected chi connectivity index (χ4v) is 4.74. The van der Waals surface area contributed by atoms with Crippen LogP contribution in [0.5, 0.6) is 11.5 Å². The first-order valence-corrected chi connectivity index (χ1v) is 10.8. The molecule has 4 rings (SSSR count). The van der Waals surface area contributed by atoms with Crippen molar-refractivity contribution >= 4 is 6.09 Å². The van der Waals surface area contributed by atoms with Crippen molar-refractivity contribution in [1.82, 2.24) is 4.90 Å². The maximum atomic E-state index is 12.8. The number of amides is 1. The third kappa shape index (κ3) is 4.46. The molecule has 2 unspecified atom stereocenters. The number of nitrogens with zero attached hydrogens (tertiary/aromatic N) is 1. The fourth-order valence-electron chi connectivity index (χ4n) is 4.74. The number of carbonyl (C=O) groups excluding carboxylic acids is 1. The number of aliphatic hydroxyl groups is 1. The lowest BCUT2D eigenvalue weighted by Crippen LogP contribution is -2.59. The highest BCUT2D eigenvalue weighted by molar-refractivity contribution is 5.69. The molecule has 5 heteroatoms. The number of fused-ring (bicyclic) bond motifs is 2. The largest absolute Gasteiger partial charge is 0.457 e. The zero-order valence-corrected chi connectivity index (χ0v) is 18.0. The van der Waals surface area contributed by atoms with Crippen LogP contribution in [0.3, 0.4) is 0 Å². The lowest BCUT2D eigenvalue weighted by molar-refractivity contribution is -0.0965. The van der Waals surface area contributed by atoms with Crippen molar-refractivity contribution in [3.63, 3.8) is 0 Å². The average molecular weight is 410 g/mol. The van der Waals surface area contributed by atoms with E-state index in [4.69, 9.17) is 9.47 Å². The van der Waals surface area contributed by atoms with E-state index in [0.717, 1.165) is 36.3 Å². The van der Waals surface area contributed by atoms with Gasteiger partial charge in [0, 0.05) is 24.9 Å². The van der Waals surface area contributed by atoms with Crippen LogP contribution in [-0.2, 0) is 10.3 Å². The summed E-state index contributed by atoms with van der Waals surface area (Å²) in [6.45, 7) is 5.67. The minimum atomic E-state index is -0.945. The van der Waals surface area contributed by atoms with Gasteiger partial charge in [0.2, 0.25) is 0 Å². The van der Waals surface area contributed by atoms with Crippen molar-refractivity contribution in [2.24, 2.45) is 0 Å². The van der Waals surface area contributed by atoms with Gasteiger partial charge in [-0.05, 0) is 69.9 Å². The van der Waals surface area contributed by atoms with Gasteiger partial charge in [-0.25, -0.2) is 4.79 Å². The first-order chi connectivity index (χ1) is 14.2. The molecule has 5 nitrogen and oxygen atoms in total.